The third-order valence-corrected chi connectivity index (χ3v) is 3.85. The Kier molecular flexibility index (Phi) is 7.15. The molecule has 5 N–H and O–H groups in total. The molecule has 4 nitrogen and oxygen atoms in total. The van der Waals surface area contributed by atoms with Crippen LogP contribution in [-0.2, 0) is 0 Å². The van der Waals surface area contributed by atoms with Gasteiger partial charge in [0.15, 0.2) is 0 Å². The van der Waals surface area contributed by atoms with Crippen LogP contribution in [0.4, 0.5) is 0 Å². The van der Waals surface area contributed by atoms with Crippen molar-refractivity contribution in [1.82, 2.24) is 5.01 Å². The van der Waals surface area contributed by atoms with E-state index in [4.69, 9.17) is 11.6 Å². The summed E-state index contributed by atoms with van der Waals surface area (Å²) in [5.74, 6) is 7.08. The largest absolute Gasteiger partial charge is 0.390 e. The summed E-state index contributed by atoms with van der Waals surface area (Å²) in [6.45, 7) is 5.52. The molecular formula is C14H31N3O. The van der Waals surface area contributed by atoms with Crippen LogP contribution >= 0.6 is 0 Å². The van der Waals surface area contributed by atoms with E-state index in [2.05, 4.69) is 13.8 Å². The highest BCUT2D eigenvalue weighted by Gasteiger charge is 2.22. The molecule has 1 aliphatic rings. The molecule has 0 aromatic heterocycles. The lowest BCUT2D eigenvalue weighted by molar-refractivity contribution is 0.0758. The van der Waals surface area contributed by atoms with E-state index in [1.54, 1.807) is 5.01 Å². The summed E-state index contributed by atoms with van der Waals surface area (Å²) in [5.41, 5.74) is 6.09. The van der Waals surface area contributed by atoms with Crippen molar-refractivity contribution in [2.24, 2.45) is 23.4 Å². The summed E-state index contributed by atoms with van der Waals surface area (Å²) in [4.78, 5) is 0. The maximum atomic E-state index is 10.1. The number of hydrogen-bond donors (Lipinski definition) is 3. The standard InChI is InChI=1S/C14H31N3O/c1-11(2)9-17(16)10-14(18)13(15)8-12-6-4-3-5-7-12/h11-14,18H,3-10,15-16H2,1-2H3/t13?,14-/m0/s1. The minimum absolute atomic E-state index is 0.133. The van der Waals surface area contributed by atoms with Crippen molar-refractivity contribution in [1.29, 1.82) is 0 Å². The fourth-order valence-corrected chi connectivity index (χ4v) is 2.88. The average molecular weight is 257 g/mol. The molecule has 0 heterocycles. The highest BCUT2D eigenvalue weighted by molar-refractivity contribution is 4.79. The van der Waals surface area contributed by atoms with Crippen LogP contribution in [0.5, 0.6) is 0 Å². The monoisotopic (exact) mass is 257 g/mol. The van der Waals surface area contributed by atoms with Crippen molar-refractivity contribution >= 4 is 0 Å². The zero-order valence-corrected chi connectivity index (χ0v) is 12.0. The van der Waals surface area contributed by atoms with Gasteiger partial charge in [0.25, 0.3) is 0 Å². The first-order chi connectivity index (χ1) is 8.49. The van der Waals surface area contributed by atoms with Gasteiger partial charge in [0, 0.05) is 19.1 Å². The summed E-state index contributed by atoms with van der Waals surface area (Å²) < 4.78 is 0. The second-order valence-electron chi connectivity index (χ2n) is 6.32. The molecule has 1 unspecified atom stereocenters. The predicted molar refractivity (Wildman–Crippen MR) is 75.8 cm³/mol. The van der Waals surface area contributed by atoms with Crippen LogP contribution in [0.25, 0.3) is 0 Å². The highest BCUT2D eigenvalue weighted by atomic mass is 16.3. The van der Waals surface area contributed by atoms with Crippen LogP contribution in [0.15, 0.2) is 0 Å². The van der Waals surface area contributed by atoms with Gasteiger partial charge in [-0.2, -0.15) is 0 Å². The second-order valence-corrected chi connectivity index (χ2v) is 6.32. The molecule has 2 atom stereocenters. The van der Waals surface area contributed by atoms with Gasteiger partial charge in [-0.15, -0.1) is 0 Å². The lowest BCUT2D eigenvalue weighted by atomic mass is 9.84. The first-order valence-electron chi connectivity index (χ1n) is 7.42. The molecule has 1 rings (SSSR count). The highest BCUT2D eigenvalue weighted by Crippen LogP contribution is 2.27. The molecule has 4 heteroatoms. The molecule has 0 aromatic rings. The van der Waals surface area contributed by atoms with Gasteiger partial charge in [0.05, 0.1) is 6.10 Å². The number of hydrazine groups is 1. The number of nitrogens with zero attached hydrogens (tertiary/aromatic N) is 1. The normalized spacial score (nSPS) is 21.5. The molecule has 0 radical (unpaired) electrons. The van der Waals surface area contributed by atoms with E-state index in [0.717, 1.165) is 13.0 Å². The van der Waals surface area contributed by atoms with Crippen LogP contribution < -0.4 is 11.6 Å². The van der Waals surface area contributed by atoms with Gasteiger partial charge in [-0.1, -0.05) is 46.0 Å². The second kappa shape index (κ2) is 8.10. The fraction of sp³-hybridized carbons (Fsp3) is 1.00. The van der Waals surface area contributed by atoms with Crippen LogP contribution in [-0.4, -0.2) is 35.4 Å². The van der Waals surface area contributed by atoms with Crippen molar-refractivity contribution in [2.75, 3.05) is 13.1 Å². The summed E-state index contributed by atoms with van der Waals surface area (Å²) >= 11 is 0. The average Bonchev–Trinajstić information content (AvgIpc) is 2.28. The summed E-state index contributed by atoms with van der Waals surface area (Å²) in [6.07, 6.45) is 7.00. The Morgan fingerprint density at radius 2 is 1.78 bits per heavy atom. The van der Waals surface area contributed by atoms with E-state index >= 15 is 0 Å². The van der Waals surface area contributed by atoms with Gasteiger partial charge in [-0.25, -0.2) is 5.01 Å². The fourth-order valence-electron chi connectivity index (χ4n) is 2.88. The molecule has 0 aliphatic heterocycles. The van der Waals surface area contributed by atoms with E-state index in [1.165, 1.54) is 32.1 Å². The van der Waals surface area contributed by atoms with Crippen LogP contribution in [0.2, 0.25) is 0 Å². The molecule has 18 heavy (non-hydrogen) atoms. The smallest absolute Gasteiger partial charge is 0.0831 e. The lowest BCUT2D eigenvalue weighted by Crippen LogP contribution is -2.47. The third kappa shape index (κ3) is 6.14. The Hall–Kier alpha value is -0.160. The number of rotatable bonds is 7. The van der Waals surface area contributed by atoms with E-state index in [-0.39, 0.29) is 6.04 Å². The number of hydrogen-bond acceptors (Lipinski definition) is 4. The maximum Gasteiger partial charge on any atom is 0.0831 e. The molecule has 0 amide bonds. The van der Waals surface area contributed by atoms with E-state index in [0.29, 0.717) is 18.4 Å². The quantitative estimate of drug-likeness (QED) is 0.477. The molecule has 0 bridgehead atoms. The maximum absolute atomic E-state index is 10.1. The molecular weight excluding hydrogens is 226 g/mol. The first-order valence-corrected chi connectivity index (χ1v) is 7.42. The summed E-state index contributed by atoms with van der Waals surface area (Å²) in [5, 5.41) is 11.8. The molecule has 108 valence electrons. The summed E-state index contributed by atoms with van der Waals surface area (Å²) in [6, 6.07) is -0.133. The van der Waals surface area contributed by atoms with Crippen LogP contribution in [0.1, 0.15) is 52.4 Å². The molecule has 1 saturated carbocycles. The van der Waals surface area contributed by atoms with Crippen molar-refractivity contribution in [3.63, 3.8) is 0 Å². The predicted octanol–water partition coefficient (Wildman–Crippen LogP) is 1.48. The Labute approximate surface area is 112 Å². The number of aliphatic hydroxyl groups is 1. The van der Waals surface area contributed by atoms with Crippen molar-refractivity contribution in [3.8, 4) is 0 Å². The zero-order chi connectivity index (χ0) is 13.5. The minimum atomic E-state index is -0.504. The SMILES string of the molecule is CC(C)CN(N)C[C@H](O)C(N)CC1CCCCC1. The van der Waals surface area contributed by atoms with E-state index < -0.39 is 6.10 Å². The van der Waals surface area contributed by atoms with Crippen LogP contribution in [0.3, 0.4) is 0 Å². The van der Waals surface area contributed by atoms with E-state index in [9.17, 15) is 5.11 Å². The molecule has 0 saturated heterocycles. The number of nitrogens with two attached hydrogens (primary N) is 2. The number of aliphatic hydroxyl groups excluding tert-OH is 1. The van der Waals surface area contributed by atoms with Gasteiger partial charge in [0.2, 0.25) is 0 Å². The van der Waals surface area contributed by atoms with Crippen molar-refractivity contribution in [2.45, 2.75) is 64.5 Å². The molecule has 1 aliphatic carbocycles. The van der Waals surface area contributed by atoms with Crippen molar-refractivity contribution < 1.29 is 5.11 Å². The molecule has 1 fully saturated rings. The Balaban J connectivity index is 2.24. The topological polar surface area (TPSA) is 75.5 Å². The summed E-state index contributed by atoms with van der Waals surface area (Å²) in [7, 11) is 0. The molecule has 0 aromatic carbocycles. The third-order valence-electron chi connectivity index (χ3n) is 3.85. The van der Waals surface area contributed by atoms with E-state index in [1.807, 2.05) is 0 Å². The van der Waals surface area contributed by atoms with Gasteiger partial charge >= 0.3 is 0 Å². The zero-order valence-electron chi connectivity index (χ0n) is 12.0. The van der Waals surface area contributed by atoms with Gasteiger partial charge in [0.1, 0.15) is 0 Å². The van der Waals surface area contributed by atoms with Crippen molar-refractivity contribution in [3.05, 3.63) is 0 Å². The van der Waals surface area contributed by atoms with Crippen LogP contribution in [0, 0.1) is 11.8 Å². The Morgan fingerprint density at radius 3 is 2.33 bits per heavy atom. The lowest BCUT2D eigenvalue weighted by Gasteiger charge is -2.29. The van der Waals surface area contributed by atoms with Gasteiger partial charge in [-0.3, -0.25) is 5.84 Å². The van der Waals surface area contributed by atoms with Gasteiger partial charge in [-0.05, 0) is 18.3 Å². The Morgan fingerprint density at radius 1 is 1.17 bits per heavy atom. The van der Waals surface area contributed by atoms with Gasteiger partial charge < -0.3 is 10.8 Å². The Bertz CT molecular complexity index is 217. The minimum Gasteiger partial charge on any atom is -0.390 e. The first kappa shape index (κ1) is 15.9. The molecule has 0 spiro atoms.